The van der Waals surface area contributed by atoms with Gasteiger partial charge in [-0.1, -0.05) is 41.9 Å². The topological polar surface area (TPSA) is 121 Å². The SMILES string of the molecule is CNS(=O)(=O)c1cccc(Cn2c(C(=O)O)cc3cc(CC(C)NCC(O)c4cccc(Cl)c4)ccc32)c1. The van der Waals surface area contributed by atoms with Crippen LogP contribution >= 0.6 is 11.6 Å². The summed E-state index contributed by atoms with van der Waals surface area (Å²) in [6.07, 6.45) is -0.0113. The van der Waals surface area contributed by atoms with Crippen molar-refractivity contribution in [2.75, 3.05) is 13.6 Å². The van der Waals surface area contributed by atoms with Crippen LogP contribution in [0.2, 0.25) is 5.02 Å². The van der Waals surface area contributed by atoms with Crippen LogP contribution in [0.5, 0.6) is 0 Å². The highest BCUT2D eigenvalue weighted by atomic mass is 35.5. The Morgan fingerprint density at radius 1 is 1.03 bits per heavy atom. The van der Waals surface area contributed by atoms with E-state index in [-0.39, 0.29) is 23.2 Å². The van der Waals surface area contributed by atoms with E-state index in [0.29, 0.717) is 23.6 Å². The fourth-order valence-electron chi connectivity index (χ4n) is 4.48. The van der Waals surface area contributed by atoms with Gasteiger partial charge in [0.05, 0.1) is 11.0 Å². The second-order valence-corrected chi connectivity index (χ2v) is 11.6. The van der Waals surface area contributed by atoms with Gasteiger partial charge in [-0.05, 0) is 79.5 Å². The van der Waals surface area contributed by atoms with Crippen LogP contribution < -0.4 is 10.0 Å². The fourth-order valence-corrected chi connectivity index (χ4v) is 5.48. The predicted octanol–water partition coefficient (Wildman–Crippen LogP) is 4.20. The van der Waals surface area contributed by atoms with E-state index in [0.717, 1.165) is 22.0 Å². The lowest BCUT2D eigenvalue weighted by Crippen LogP contribution is -2.32. The van der Waals surface area contributed by atoms with Gasteiger partial charge in [0.15, 0.2) is 0 Å². The zero-order valence-corrected chi connectivity index (χ0v) is 22.6. The minimum atomic E-state index is -3.62. The van der Waals surface area contributed by atoms with Crippen LogP contribution in [0.4, 0.5) is 0 Å². The van der Waals surface area contributed by atoms with Crippen molar-refractivity contribution in [3.8, 4) is 0 Å². The number of carboxylic acids is 1. The number of carboxylic acid groups (broad SMARTS) is 1. The van der Waals surface area contributed by atoms with Crippen molar-refractivity contribution in [2.24, 2.45) is 0 Å². The van der Waals surface area contributed by atoms with Crippen LogP contribution in [-0.2, 0) is 23.0 Å². The van der Waals surface area contributed by atoms with Crippen LogP contribution in [0, 0.1) is 0 Å². The molecular weight excluding hydrogens is 526 g/mol. The average Bonchev–Trinajstić information content (AvgIpc) is 3.25. The van der Waals surface area contributed by atoms with E-state index in [2.05, 4.69) is 10.0 Å². The van der Waals surface area contributed by atoms with E-state index in [1.165, 1.54) is 13.1 Å². The Bertz CT molecular complexity index is 1570. The molecule has 4 rings (SSSR count). The Hall–Kier alpha value is -3.21. The van der Waals surface area contributed by atoms with Crippen molar-refractivity contribution in [2.45, 2.75) is 36.9 Å². The van der Waals surface area contributed by atoms with Crippen molar-refractivity contribution in [1.29, 1.82) is 0 Å². The number of aliphatic hydroxyl groups is 1. The summed E-state index contributed by atoms with van der Waals surface area (Å²) in [5.41, 5.74) is 3.29. The van der Waals surface area contributed by atoms with E-state index in [1.807, 2.05) is 31.2 Å². The maximum Gasteiger partial charge on any atom is 0.352 e. The van der Waals surface area contributed by atoms with Crippen molar-refractivity contribution >= 4 is 38.5 Å². The number of nitrogens with one attached hydrogen (secondary N) is 2. The summed E-state index contributed by atoms with van der Waals surface area (Å²) in [6, 6.07) is 21.1. The molecule has 0 fully saturated rings. The number of aromatic carboxylic acids is 1. The Labute approximate surface area is 226 Å². The summed E-state index contributed by atoms with van der Waals surface area (Å²) in [5, 5.41) is 25.0. The van der Waals surface area contributed by atoms with Gasteiger partial charge in [0, 0.05) is 35.1 Å². The molecule has 0 aliphatic carbocycles. The lowest BCUT2D eigenvalue weighted by Gasteiger charge is -2.18. The molecule has 0 bridgehead atoms. The van der Waals surface area contributed by atoms with Gasteiger partial charge in [0.2, 0.25) is 10.0 Å². The summed E-state index contributed by atoms with van der Waals surface area (Å²) in [7, 11) is -2.27. The summed E-state index contributed by atoms with van der Waals surface area (Å²) < 4.78 is 28.4. The Kier molecular flexibility index (Phi) is 8.54. The van der Waals surface area contributed by atoms with Gasteiger partial charge in [0.25, 0.3) is 0 Å². The van der Waals surface area contributed by atoms with Crippen LogP contribution in [0.3, 0.4) is 0 Å². The van der Waals surface area contributed by atoms with Gasteiger partial charge in [-0.2, -0.15) is 0 Å². The molecule has 2 atom stereocenters. The van der Waals surface area contributed by atoms with E-state index in [9.17, 15) is 23.4 Å². The molecule has 0 aliphatic heterocycles. The molecule has 4 N–H and O–H groups in total. The largest absolute Gasteiger partial charge is 0.477 e. The monoisotopic (exact) mass is 555 g/mol. The maximum absolute atomic E-state index is 12.2. The molecule has 2 unspecified atom stereocenters. The standard InChI is InChI=1S/C28H30ClN3O5S/c1-18(31-16-27(33)21-6-4-7-23(29)14-21)11-19-9-10-25-22(12-19)15-26(28(34)35)32(25)17-20-5-3-8-24(13-20)38(36,37)30-2/h3-10,12-15,18,27,30-31,33H,11,16-17H2,1-2H3,(H,34,35). The minimum Gasteiger partial charge on any atom is -0.477 e. The molecule has 8 nitrogen and oxygen atoms in total. The number of sulfonamides is 1. The van der Waals surface area contributed by atoms with Gasteiger partial charge < -0.3 is 20.1 Å². The first-order chi connectivity index (χ1) is 18.1. The van der Waals surface area contributed by atoms with Gasteiger partial charge >= 0.3 is 5.97 Å². The van der Waals surface area contributed by atoms with E-state index in [1.54, 1.807) is 47.0 Å². The molecule has 0 spiro atoms. The van der Waals surface area contributed by atoms with Crippen LogP contribution in [0.25, 0.3) is 10.9 Å². The number of benzene rings is 3. The third-order valence-corrected chi connectivity index (χ3v) is 8.09. The summed E-state index contributed by atoms with van der Waals surface area (Å²) in [6.45, 7) is 2.59. The molecule has 0 aliphatic rings. The third kappa shape index (κ3) is 6.43. The Morgan fingerprint density at radius 3 is 2.50 bits per heavy atom. The molecule has 1 heterocycles. The highest BCUT2D eigenvalue weighted by Gasteiger charge is 2.18. The van der Waals surface area contributed by atoms with E-state index < -0.39 is 22.1 Å². The summed E-state index contributed by atoms with van der Waals surface area (Å²) in [4.78, 5) is 12.2. The predicted molar refractivity (Wildman–Crippen MR) is 148 cm³/mol. The van der Waals surface area contributed by atoms with Crippen molar-refractivity contribution in [3.63, 3.8) is 0 Å². The normalized spacial score (nSPS) is 13.5. The lowest BCUT2D eigenvalue weighted by molar-refractivity contribution is 0.0686. The highest BCUT2D eigenvalue weighted by Crippen LogP contribution is 2.25. The van der Waals surface area contributed by atoms with E-state index in [4.69, 9.17) is 11.6 Å². The molecule has 0 saturated carbocycles. The summed E-state index contributed by atoms with van der Waals surface area (Å²) >= 11 is 6.02. The van der Waals surface area contributed by atoms with E-state index >= 15 is 0 Å². The number of hydrogen-bond acceptors (Lipinski definition) is 5. The van der Waals surface area contributed by atoms with Crippen LogP contribution in [-0.4, -0.2) is 48.8 Å². The quantitative estimate of drug-likeness (QED) is 0.220. The number of aliphatic hydroxyl groups excluding tert-OH is 1. The van der Waals surface area contributed by atoms with Crippen molar-refractivity contribution in [3.05, 3.63) is 100 Å². The van der Waals surface area contributed by atoms with Crippen LogP contribution in [0.1, 0.15) is 40.2 Å². The fraction of sp³-hybridized carbons (Fsp3) is 0.250. The number of hydrogen-bond donors (Lipinski definition) is 4. The Morgan fingerprint density at radius 2 is 1.79 bits per heavy atom. The summed E-state index contributed by atoms with van der Waals surface area (Å²) in [5.74, 6) is -1.06. The molecule has 0 amide bonds. The molecule has 200 valence electrons. The minimum absolute atomic E-state index is 0.0548. The highest BCUT2D eigenvalue weighted by molar-refractivity contribution is 7.89. The molecule has 10 heteroatoms. The molecular formula is C28H30ClN3O5S. The van der Waals surface area contributed by atoms with Crippen LogP contribution in [0.15, 0.2) is 77.7 Å². The molecule has 1 aromatic heterocycles. The number of carbonyl (C=O) groups is 1. The average molecular weight is 556 g/mol. The van der Waals surface area contributed by atoms with Crippen molar-refractivity contribution in [1.82, 2.24) is 14.6 Å². The molecule has 3 aromatic carbocycles. The third-order valence-electron chi connectivity index (χ3n) is 6.44. The number of rotatable bonds is 11. The number of fused-ring (bicyclic) bond motifs is 1. The smallest absolute Gasteiger partial charge is 0.352 e. The van der Waals surface area contributed by atoms with Gasteiger partial charge in [-0.3, -0.25) is 0 Å². The van der Waals surface area contributed by atoms with Gasteiger partial charge in [-0.25, -0.2) is 17.9 Å². The van der Waals surface area contributed by atoms with Gasteiger partial charge in [-0.15, -0.1) is 0 Å². The molecule has 0 saturated heterocycles. The molecule has 38 heavy (non-hydrogen) atoms. The second kappa shape index (κ2) is 11.7. The second-order valence-electron chi connectivity index (χ2n) is 9.25. The molecule has 0 radical (unpaired) electrons. The number of halogens is 1. The zero-order chi connectivity index (χ0) is 27.4. The first-order valence-corrected chi connectivity index (χ1v) is 14.0. The number of nitrogens with zero attached hydrogens (tertiary/aromatic N) is 1. The first kappa shape index (κ1) is 27.8. The lowest BCUT2D eigenvalue weighted by atomic mass is 10.0. The zero-order valence-electron chi connectivity index (χ0n) is 21.1. The van der Waals surface area contributed by atoms with Crippen molar-refractivity contribution < 1.29 is 23.4 Å². The Balaban J connectivity index is 1.51. The maximum atomic E-state index is 12.2. The number of aromatic nitrogens is 1. The first-order valence-electron chi connectivity index (χ1n) is 12.1. The molecule has 4 aromatic rings. The van der Waals surface area contributed by atoms with Gasteiger partial charge in [0.1, 0.15) is 5.69 Å².